The van der Waals surface area contributed by atoms with Gasteiger partial charge in [-0.3, -0.25) is 14.6 Å². The molecular weight excluding hydrogens is 254 g/mol. The summed E-state index contributed by atoms with van der Waals surface area (Å²) in [7, 11) is 0. The van der Waals surface area contributed by atoms with E-state index < -0.39 is 0 Å². The minimum absolute atomic E-state index is 0.0521. The molecule has 0 radical (unpaired) electrons. The average Bonchev–Trinajstić information content (AvgIpc) is 2.82. The third-order valence-electron chi connectivity index (χ3n) is 3.39. The number of hydrogen-bond donors (Lipinski definition) is 2. The predicted molar refractivity (Wildman–Crippen MR) is 76.3 cm³/mol. The molecule has 0 unspecified atom stereocenters. The third-order valence-corrected chi connectivity index (χ3v) is 3.39. The van der Waals surface area contributed by atoms with Gasteiger partial charge in [0.25, 0.3) is 0 Å². The van der Waals surface area contributed by atoms with Gasteiger partial charge in [0.15, 0.2) is 0 Å². The second kappa shape index (κ2) is 5.48. The van der Waals surface area contributed by atoms with E-state index in [2.05, 4.69) is 20.6 Å². The number of H-pyrrole nitrogens is 1. The fourth-order valence-electron chi connectivity index (χ4n) is 2.53. The van der Waals surface area contributed by atoms with Crippen LogP contribution in [0.15, 0.2) is 6.07 Å². The smallest absolute Gasteiger partial charge is 0.242 e. The first kappa shape index (κ1) is 14.3. The molecule has 2 N–H and O–H groups in total. The van der Waals surface area contributed by atoms with E-state index >= 15 is 0 Å². The van der Waals surface area contributed by atoms with E-state index in [9.17, 15) is 4.79 Å². The van der Waals surface area contributed by atoms with Crippen molar-refractivity contribution in [3.8, 4) is 0 Å². The third kappa shape index (κ3) is 2.89. The molecule has 6 nitrogen and oxygen atoms in total. The lowest BCUT2D eigenvalue weighted by Gasteiger charge is -2.15. The maximum absolute atomic E-state index is 12.1. The molecule has 2 aromatic rings. The lowest BCUT2D eigenvalue weighted by molar-refractivity contribution is -0.122. The Labute approximate surface area is 118 Å². The summed E-state index contributed by atoms with van der Waals surface area (Å²) in [6.07, 6.45) is 0. The number of carbonyl (C=O) groups excluding carboxylic acids is 1. The molecule has 0 aliphatic heterocycles. The molecule has 2 rings (SSSR count). The van der Waals surface area contributed by atoms with Crippen molar-refractivity contribution in [3.05, 3.63) is 34.4 Å². The molecule has 2 heterocycles. The summed E-state index contributed by atoms with van der Waals surface area (Å²) in [4.78, 5) is 12.1. The summed E-state index contributed by atoms with van der Waals surface area (Å²) in [6, 6.07) is 1.89. The van der Waals surface area contributed by atoms with Crippen molar-refractivity contribution in [2.24, 2.45) is 0 Å². The molecule has 0 saturated heterocycles. The maximum atomic E-state index is 12.1. The van der Waals surface area contributed by atoms with Gasteiger partial charge in [0.05, 0.1) is 17.4 Å². The number of hydrogen-bond acceptors (Lipinski definition) is 3. The molecule has 0 fully saturated rings. The van der Waals surface area contributed by atoms with E-state index in [4.69, 9.17) is 0 Å². The van der Waals surface area contributed by atoms with Gasteiger partial charge >= 0.3 is 0 Å². The first-order chi connectivity index (χ1) is 9.38. The molecule has 108 valence electrons. The molecule has 1 atom stereocenters. The molecule has 0 saturated carbocycles. The maximum Gasteiger partial charge on any atom is 0.242 e. The second-order valence-electron chi connectivity index (χ2n) is 5.22. The summed E-state index contributed by atoms with van der Waals surface area (Å²) >= 11 is 0. The zero-order valence-corrected chi connectivity index (χ0v) is 12.6. The second-order valence-corrected chi connectivity index (χ2v) is 5.22. The van der Waals surface area contributed by atoms with Gasteiger partial charge in [0.1, 0.15) is 6.54 Å². The summed E-state index contributed by atoms with van der Waals surface area (Å²) in [6.45, 7) is 9.95. The van der Waals surface area contributed by atoms with Gasteiger partial charge in [-0.2, -0.15) is 10.2 Å². The van der Waals surface area contributed by atoms with Gasteiger partial charge in [-0.15, -0.1) is 0 Å². The van der Waals surface area contributed by atoms with Crippen molar-refractivity contribution in [2.45, 2.75) is 47.2 Å². The largest absolute Gasteiger partial charge is 0.348 e. The van der Waals surface area contributed by atoms with Crippen molar-refractivity contribution in [1.29, 1.82) is 0 Å². The lowest BCUT2D eigenvalue weighted by atomic mass is 10.1. The highest BCUT2D eigenvalue weighted by atomic mass is 16.2. The zero-order chi connectivity index (χ0) is 14.9. The number of aromatic nitrogens is 4. The van der Waals surface area contributed by atoms with Gasteiger partial charge in [-0.25, -0.2) is 0 Å². The Morgan fingerprint density at radius 2 is 2.10 bits per heavy atom. The Morgan fingerprint density at radius 3 is 2.60 bits per heavy atom. The van der Waals surface area contributed by atoms with Crippen LogP contribution in [0, 0.1) is 27.7 Å². The Hall–Kier alpha value is -2.11. The van der Waals surface area contributed by atoms with E-state index in [1.807, 2.05) is 40.7 Å². The van der Waals surface area contributed by atoms with Gasteiger partial charge < -0.3 is 5.32 Å². The van der Waals surface area contributed by atoms with Crippen LogP contribution in [-0.2, 0) is 11.3 Å². The van der Waals surface area contributed by atoms with E-state index in [0.717, 1.165) is 28.3 Å². The monoisotopic (exact) mass is 275 g/mol. The number of carbonyl (C=O) groups is 1. The standard InChI is InChI=1S/C14H21N5O/c1-8-6-9(2)19(18-8)7-13(20)15-10(3)14-11(4)16-17-12(14)5/h6,10H,7H2,1-5H3,(H,15,20)(H,16,17)/t10-/m1/s1. The molecule has 0 bridgehead atoms. The molecular formula is C14H21N5O. The highest BCUT2D eigenvalue weighted by molar-refractivity contribution is 5.76. The number of amides is 1. The molecule has 0 aromatic carbocycles. The lowest BCUT2D eigenvalue weighted by Crippen LogP contribution is -2.31. The summed E-state index contributed by atoms with van der Waals surface area (Å²) in [5, 5.41) is 14.4. The fraction of sp³-hybridized carbons (Fsp3) is 0.500. The molecule has 2 aromatic heterocycles. The normalized spacial score (nSPS) is 12.4. The molecule has 0 aliphatic rings. The van der Waals surface area contributed by atoms with Crippen LogP contribution in [0.4, 0.5) is 0 Å². The number of nitrogens with one attached hydrogen (secondary N) is 2. The van der Waals surface area contributed by atoms with Crippen LogP contribution in [0.3, 0.4) is 0 Å². The van der Waals surface area contributed by atoms with Crippen molar-refractivity contribution in [1.82, 2.24) is 25.3 Å². The van der Waals surface area contributed by atoms with E-state index in [-0.39, 0.29) is 18.5 Å². The molecule has 1 amide bonds. The van der Waals surface area contributed by atoms with Gasteiger partial charge in [-0.05, 0) is 40.7 Å². The Kier molecular flexibility index (Phi) is 3.92. The summed E-state index contributed by atoms with van der Waals surface area (Å²) < 4.78 is 1.71. The summed E-state index contributed by atoms with van der Waals surface area (Å²) in [5.74, 6) is -0.0521. The number of rotatable bonds is 4. The molecule has 0 spiro atoms. The minimum atomic E-state index is -0.0711. The molecule has 0 aliphatic carbocycles. The van der Waals surface area contributed by atoms with Crippen LogP contribution >= 0.6 is 0 Å². The highest BCUT2D eigenvalue weighted by Gasteiger charge is 2.17. The zero-order valence-electron chi connectivity index (χ0n) is 12.6. The van der Waals surface area contributed by atoms with E-state index in [1.54, 1.807) is 4.68 Å². The topological polar surface area (TPSA) is 75.6 Å². The first-order valence-electron chi connectivity index (χ1n) is 6.70. The van der Waals surface area contributed by atoms with Crippen LogP contribution in [0.2, 0.25) is 0 Å². The van der Waals surface area contributed by atoms with Gasteiger partial charge in [0.2, 0.25) is 5.91 Å². The van der Waals surface area contributed by atoms with Crippen LogP contribution in [0.5, 0.6) is 0 Å². The number of nitrogens with zero attached hydrogens (tertiary/aromatic N) is 3. The van der Waals surface area contributed by atoms with Crippen molar-refractivity contribution >= 4 is 5.91 Å². The number of aromatic amines is 1. The van der Waals surface area contributed by atoms with Crippen molar-refractivity contribution in [2.75, 3.05) is 0 Å². The predicted octanol–water partition coefficient (Wildman–Crippen LogP) is 1.72. The van der Waals surface area contributed by atoms with Crippen molar-refractivity contribution in [3.63, 3.8) is 0 Å². The van der Waals surface area contributed by atoms with Crippen LogP contribution in [0.25, 0.3) is 0 Å². The van der Waals surface area contributed by atoms with E-state index in [1.165, 1.54) is 0 Å². The van der Waals surface area contributed by atoms with Crippen molar-refractivity contribution < 1.29 is 4.79 Å². The van der Waals surface area contributed by atoms with Crippen LogP contribution in [-0.4, -0.2) is 25.9 Å². The molecule has 20 heavy (non-hydrogen) atoms. The number of aryl methyl sites for hydroxylation is 4. The van der Waals surface area contributed by atoms with Gasteiger partial charge in [-0.1, -0.05) is 0 Å². The van der Waals surface area contributed by atoms with Crippen LogP contribution < -0.4 is 5.32 Å². The highest BCUT2D eigenvalue weighted by Crippen LogP contribution is 2.18. The molecule has 6 heteroatoms. The fourth-order valence-corrected chi connectivity index (χ4v) is 2.53. The first-order valence-corrected chi connectivity index (χ1v) is 6.70. The quantitative estimate of drug-likeness (QED) is 0.892. The summed E-state index contributed by atoms with van der Waals surface area (Å²) in [5.41, 5.74) is 4.86. The Morgan fingerprint density at radius 1 is 1.40 bits per heavy atom. The Bertz CT molecular complexity index is 606. The average molecular weight is 275 g/mol. The Balaban J connectivity index is 2.03. The minimum Gasteiger partial charge on any atom is -0.348 e. The van der Waals surface area contributed by atoms with Gasteiger partial charge in [0, 0.05) is 17.0 Å². The van der Waals surface area contributed by atoms with E-state index in [0.29, 0.717) is 0 Å². The van der Waals surface area contributed by atoms with Crippen LogP contribution in [0.1, 0.15) is 41.3 Å². The SMILES string of the molecule is Cc1cc(C)n(CC(=O)N[C@H](C)c2c(C)n[nH]c2C)n1.